The Bertz CT molecular complexity index is 1200. The van der Waals surface area contributed by atoms with Gasteiger partial charge in [-0.1, -0.05) is 53.1 Å². The lowest BCUT2D eigenvalue weighted by Crippen LogP contribution is -2.51. The Hall–Kier alpha value is -1.33. The normalized spacial score (nSPS) is 15.4. The smallest absolute Gasteiger partial charge is 0.174 e. The second-order valence-electron chi connectivity index (χ2n) is 11.8. The van der Waals surface area contributed by atoms with Gasteiger partial charge in [0.2, 0.25) is 0 Å². The van der Waals surface area contributed by atoms with Gasteiger partial charge in [-0.05, 0) is 61.5 Å². The molecule has 220 valence electrons. The zero-order valence-corrected chi connectivity index (χ0v) is 28.7. The number of hydrogen-bond donors (Lipinski definition) is 2. The van der Waals surface area contributed by atoms with Gasteiger partial charge in [-0.2, -0.15) is 32.1 Å². The SMILES string of the molecule is COC[C@H](C)n1cc(Nc2cc(N[C@@H](C)C3CC3)c3ccn([Si](C(C)C)(C(C)C)C(C)C)c3n2)c(Cl)n1.S.S. The van der Waals surface area contributed by atoms with Crippen molar-refractivity contribution >= 4 is 75.1 Å². The number of halogens is 1. The lowest BCUT2D eigenvalue weighted by atomic mass is 10.2. The Labute approximate surface area is 254 Å². The molecule has 0 amide bonds. The minimum atomic E-state index is -1.99. The van der Waals surface area contributed by atoms with Gasteiger partial charge < -0.3 is 19.6 Å². The maximum Gasteiger partial charge on any atom is 0.174 e. The molecule has 0 spiro atoms. The summed E-state index contributed by atoms with van der Waals surface area (Å²) in [5, 5.41) is 13.4. The van der Waals surface area contributed by atoms with Crippen LogP contribution in [0.5, 0.6) is 0 Å². The van der Waals surface area contributed by atoms with Crippen LogP contribution in [0.4, 0.5) is 17.2 Å². The number of ether oxygens (including phenoxy) is 1. The Morgan fingerprint density at radius 3 is 2.18 bits per heavy atom. The summed E-state index contributed by atoms with van der Waals surface area (Å²) in [6, 6.07) is 4.89. The quantitative estimate of drug-likeness (QED) is 0.201. The molecule has 0 saturated heterocycles. The third kappa shape index (κ3) is 6.61. The van der Waals surface area contributed by atoms with Gasteiger partial charge in [0.25, 0.3) is 0 Å². The fourth-order valence-electron chi connectivity index (χ4n) is 6.53. The Morgan fingerprint density at radius 2 is 1.64 bits per heavy atom. The second-order valence-corrected chi connectivity index (χ2v) is 17.9. The predicted molar refractivity (Wildman–Crippen MR) is 180 cm³/mol. The van der Waals surface area contributed by atoms with E-state index >= 15 is 0 Å². The molecule has 7 nitrogen and oxygen atoms in total. The van der Waals surface area contributed by atoms with Crippen LogP contribution in [0.2, 0.25) is 21.8 Å². The molecule has 1 aliphatic rings. The minimum Gasteiger partial charge on any atom is -0.382 e. The van der Waals surface area contributed by atoms with E-state index in [4.69, 9.17) is 21.3 Å². The van der Waals surface area contributed by atoms with Gasteiger partial charge in [-0.3, -0.25) is 4.68 Å². The maximum absolute atomic E-state index is 6.56. The van der Waals surface area contributed by atoms with Crippen LogP contribution in [0.1, 0.15) is 74.3 Å². The van der Waals surface area contributed by atoms with Gasteiger partial charge in [-0.15, -0.1) is 0 Å². The number of anilines is 3. The summed E-state index contributed by atoms with van der Waals surface area (Å²) in [6.07, 6.45) is 6.84. The van der Waals surface area contributed by atoms with Crippen LogP contribution in [0.3, 0.4) is 0 Å². The number of methoxy groups -OCH3 is 1. The molecule has 4 rings (SSSR count). The number of pyridine rings is 1. The van der Waals surface area contributed by atoms with Crippen LogP contribution in [-0.2, 0) is 4.74 Å². The first-order valence-corrected chi connectivity index (χ1v) is 16.4. The van der Waals surface area contributed by atoms with Crippen molar-refractivity contribution in [3.8, 4) is 0 Å². The lowest BCUT2D eigenvalue weighted by molar-refractivity contribution is 0.157. The Balaban J connectivity index is 0.00000267. The fraction of sp³-hybridized carbons (Fsp3) is 0.643. The molecule has 3 aromatic rings. The molecule has 0 radical (unpaired) electrons. The number of fused-ring (bicyclic) bond motifs is 1. The van der Waals surface area contributed by atoms with E-state index in [0.29, 0.717) is 34.4 Å². The summed E-state index contributed by atoms with van der Waals surface area (Å²) in [7, 11) is -0.296. The van der Waals surface area contributed by atoms with Crippen molar-refractivity contribution in [3.63, 3.8) is 0 Å². The topological polar surface area (TPSA) is 68.9 Å². The van der Waals surface area contributed by atoms with Crippen LogP contribution in [-0.4, -0.2) is 47.0 Å². The number of aromatic nitrogens is 4. The number of nitrogens with one attached hydrogen (secondary N) is 2. The van der Waals surface area contributed by atoms with Gasteiger partial charge in [0.15, 0.2) is 13.4 Å². The van der Waals surface area contributed by atoms with Gasteiger partial charge in [-0.25, -0.2) is 4.98 Å². The third-order valence-electron chi connectivity index (χ3n) is 8.37. The summed E-state index contributed by atoms with van der Waals surface area (Å²) in [4.78, 5) is 5.23. The monoisotopic (exact) mass is 612 g/mol. The first kappa shape index (κ1) is 33.9. The molecule has 11 heteroatoms. The average Bonchev–Trinajstić information content (AvgIpc) is 3.49. The van der Waals surface area contributed by atoms with E-state index < -0.39 is 8.24 Å². The molecular formula is C28H49ClN6OS2Si. The molecule has 2 N–H and O–H groups in total. The highest BCUT2D eigenvalue weighted by molar-refractivity contribution is 7.59. The van der Waals surface area contributed by atoms with Crippen LogP contribution < -0.4 is 10.6 Å². The zero-order valence-electron chi connectivity index (χ0n) is 25.0. The first-order chi connectivity index (χ1) is 17.5. The molecule has 1 saturated carbocycles. The van der Waals surface area contributed by atoms with Crippen LogP contribution in [0, 0.1) is 5.92 Å². The second kappa shape index (κ2) is 13.6. The predicted octanol–water partition coefficient (Wildman–Crippen LogP) is 8.30. The maximum atomic E-state index is 6.56. The van der Waals surface area contributed by atoms with Gasteiger partial charge in [0.1, 0.15) is 11.5 Å². The van der Waals surface area contributed by atoms with E-state index in [-0.39, 0.29) is 33.0 Å². The molecule has 0 aromatic carbocycles. The molecule has 0 bridgehead atoms. The van der Waals surface area contributed by atoms with Crippen LogP contribution in [0.15, 0.2) is 24.5 Å². The molecule has 2 atom stereocenters. The number of hydrogen-bond acceptors (Lipinski definition) is 5. The van der Waals surface area contributed by atoms with E-state index in [1.165, 1.54) is 18.2 Å². The van der Waals surface area contributed by atoms with E-state index in [1.807, 2.05) is 10.9 Å². The largest absolute Gasteiger partial charge is 0.382 e. The minimum absolute atomic E-state index is 0. The van der Waals surface area contributed by atoms with Crippen molar-refractivity contribution in [1.82, 2.24) is 19.0 Å². The number of rotatable bonds is 12. The molecular weight excluding hydrogens is 564 g/mol. The Kier molecular flexibility index (Phi) is 11.8. The highest BCUT2D eigenvalue weighted by Gasteiger charge is 2.46. The van der Waals surface area contributed by atoms with E-state index in [0.717, 1.165) is 28.8 Å². The van der Waals surface area contributed by atoms with Crippen molar-refractivity contribution in [2.75, 3.05) is 24.4 Å². The highest BCUT2D eigenvalue weighted by atomic mass is 35.5. The summed E-state index contributed by atoms with van der Waals surface area (Å²) < 4.78 is 9.72. The van der Waals surface area contributed by atoms with Crippen molar-refractivity contribution in [3.05, 3.63) is 29.7 Å². The summed E-state index contributed by atoms with van der Waals surface area (Å²) in [6.45, 7) is 19.3. The third-order valence-corrected chi connectivity index (χ3v) is 15.4. The molecule has 3 heterocycles. The molecule has 1 fully saturated rings. The summed E-state index contributed by atoms with van der Waals surface area (Å²) in [5.41, 5.74) is 4.63. The molecule has 0 unspecified atom stereocenters. The van der Waals surface area contributed by atoms with E-state index in [1.54, 1.807) is 7.11 Å². The Morgan fingerprint density at radius 1 is 1.03 bits per heavy atom. The molecule has 0 aliphatic heterocycles. The summed E-state index contributed by atoms with van der Waals surface area (Å²) in [5.74, 6) is 1.52. The summed E-state index contributed by atoms with van der Waals surface area (Å²) >= 11 is 6.56. The average molecular weight is 613 g/mol. The first-order valence-electron chi connectivity index (χ1n) is 13.8. The standard InChI is InChI=1S/C28H45ClN6OSi.2H2S/c1-17(2)37(18(3)4,19(5)6)35-13-12-23-24(30-21(8)22-10-11-22)14-26(32-28(23)35)31-25-15-34(33-27(25)29)20(7)16-36-9;;/h12-15,17-22H,10-11,16H2,1-9H3,(H2,30,31,32);2*1H2/t20-,21-;;/m0../s1. The molecule has 1 aliphatic carbocycles. The molecule has 39 heavy (non-hydrogen) atoms. The van der Waals surface area contributed by atoms with Crippen LogP contribution >= 0.6 is 38.6 Å². The van der Waals surface area contributed by atoms with Crippen LogP contribution in [0.25, 0.3) is 11.0 Å². The lowest BCUT2D eigenvalue weighted by Gasteiger charge is -2.44. The molecule has 3 aromatic heterocycles. The number of nitrogens with zero attached hydrogens (tertiary/aromatic N) is 4. The van der Waals surface area contributed by atoms with Crippen molar-refractivity contribution in [2.45, 2.75) is 96.9 Å². The fourth-order valence-corrected chi connectivity index (χ4v) is 13.3. The van der Waals surface area contributed by atoms with Crippen molar-refractivity contribution in [1.29, 1.82) is 0 Å². The highest BCUT2D eigenvalue weighted by Crippen LogP contribution is 2.45. The zero-order chi connectivity index (χ0) is 27.1. The van der Waals surface area contributed by atoms with Crippen molar-refractivity contribution < 1.29 is 4.74 Å². The van der Waals surface area contributed by atoms with E-state index in [9.17, 15) is 0 Å². The van der Waals surface area contributed by atoms with Crippen molar-refractivity contribution in [2.24, 2.45) is 5.92 Å². The van der Waals surface area contributed by atoms with Gasteiger partial charge >= 0.3 is 0 Å². The van der Waals surface area contributed by atoms with E-state index in [2.05, 4.69) is 93.7 Å². The van der Waals surface area contributed by atoms with Gasteiger partial charge in [0, 0.05) is 30.3 Å². The van der Waals surface area contributed by atoms with Gasteiger partial charge in [0.05, 0.1) is 24.5 Å².